The van der Waals surface area contributed by atoms with Crippen LogP contribution in [0.2, 0.25) is 0 Å². The van der Waals surface area contributed by atoms with Crippen molar-refractivity contribution in [3.8, 4) is 6.07 Å². The Bertz CT molecular complexity index is 285. The zero-order valence-electron chi connectivity index (χ0n) is 7.37. The lowest BCUT2D eigenvalue weighted by molar-refractivity contribution is 0.788. The van der Waals surface area contributed by atoms with Gasteiger partial charge in [0.1, 0.15) is 0 Å². The second-order valence-electron chi connectivity index (χ2n) is 2.61. The van der Waals surface area contributed by atoms with Gasteiger partial charge in [0.15, 0.2) is 0 Å². The molecule has 1 unspecified atom stereocenters. The highest BCUT2D eigenvalue weighted by Crippen LogP contribution is 2.20. The van der Waals surface area contributed by atoms with Gasteiger partial charge in [-0.25, -0.2) is 4.98 Å². The van der Waals surface area contributed by atoms with E-state index < -0.39 is 0 Å². The minimum atomic E-state index is -0.0125. The van der Waals surface area contributed by atoms with Gasteiger partial charge in [-0.1, -0.05) is 13.8 Å². The molecule has 2 nitrogen and oxygen atoms in total. The van der Waals surface area contributed by atoms with Crippen LogP contribution in [0.4, 0.5) is 0 Å². The molecule has 0 aromatic carbocycles. The van der Waals surface area contributed by atoms with Crippen molar-refractivity contribution in [1.29, 1.82) is 5.26 Å². The first-order valence-electron chi connectivity index (χ1n) is 4.15. The lowest BCUT2D eigenvalue weighted by atomic mass is 10.1. The van der Waals surface area contributed by atoms with Gasteiger partial charge in [0.25, 0.3) is 0 Å². The first-order chi connectivity index (χ1) is 5.81. The Hall–Kier alpha value is -0.880. The van der Waals surface area contributed by atoms with E-state index in [1.807, 2.05) is 12.3 Å². The molecule has 0 saturated heterocycles. The number of nitriles is 1. The summed E-state index contributed by atoms with van der Waals surface area (Å²) in [7, 11) is 0. The summed E-state index contributed by atoms with van der Waals surface area (Å²) < 4.78 is 0. The van der Waals surface area contributed by atoms with E-state index in [0.717, 1.165) is 23.5 Å². The molecule has 1 heterocycles. The number of aryl methyl sites for hydroxylation is 1. The molecule has 1 aromatic heterocycles. The van der Waals surface area contributed by atoms with E-state index in [-0.39, 0.29) is 5.92 Å². The molecule has 0 amide bonds. The molecular weight excluding hydrogens is 168 g/mol. The van der Waals surface area contributed by atoms with Gasteiger partial charge in [-0.05, 0) is 12.8 Å². The molecule has 12 heavy (non-hydrogen) atoms. The molecule has 0 saturated carbocycles. The van der Waals surface area contributed by atoms with Crippen LogP contribution in [0.3, 0.4) is 0 Å². The Balaban J connectivity index is 2.81. The van der Waals surface area contributed by atoms with Crippen LogP contribution in [0, 0.1) is 11.3 Å². The summed E-state index contributed by atoms with van der Waals surface area (Å²) in [5.41, 5.74) is 0.946. The maximum Gasteiger partial charge on any atom is 0.0926 e. The lowest BCUT2D eigenvalue weighted by Gasteiger charge is -1.98. The monoisotopic (exact) mass is 180 g/mol. The van der Waals surface area contributed by atoms with E-state index >= 15 is 0 Å². The number of hydrogen-bond donors (Lipinski definition) is 0. The van der Waals surface area contributed by atoms with E-state index in [1.54, 1.807) is 11.3 Å². The van der Waals surface area contributed by atoms with Crippen LogP contribution < -0.4 is 0 Å². The standard InChI is InChI=1S/C9H12N2S/c1-3-7(5-10)8-6-12-9(4-2)11-8/h6-7H,3-4H2,1-2H3. The van der Waals surface area contributed by atoms with Crippen molar-refractivity contribution in [2.24, 2.45) is 0 Å². The van der Waals surface area contributed by atoms with Crippen LogP contribution in [0.5, 0.6) is 0 Å². The van der Waals surface area contributed by atoms with Gasteiger partial charge >= 0.3 is 0 Å². The second-order valence-corrected chi connectivity index (χ2v) is 3.55. The summed E-state index contributed by atoms with van der Waals surface area (Å²) in [6.45, 7) is 4.09. The van der Waals surface area contributed by atoms with E-state index in [2.05, 4.69) is 18.0 Å². The molecule has 1 atom stereocenters. The highest BCUT2D eigenvalue weighted by Gasteiger charge is 2.10. The summed E-state index contributed by atoms with van der Waals surface area (Å²) in [6.07, 6.45) is 1.82. The van der Waals surface area contributed by atoms with Crippen LogP contribution in [-0.2, 0) is 6.42 Å². The van der Waals surface area contributed by atoms with E-state index in [4.69, 9.17) is 5.26 Å². The fourth-order valence-electron chi connectivity index (χ4n) is 1.01. The van der Waals surface area contributed by atoms with Crippen molar-refractivity contribution < 1.29 is 0 Å². The van der Waals surface area contributed by atoms with E-state index in [1.165, 1.54) is 0 Å². The van der Waals surface area contributed by atoms with Crippen molar-refractivity contribution >= 4 is 11.3 Å². The van der Waals surface area contributed by atoms with Gasteiger partial charge in [-0.3, -0.25) is 0 Å². The molecular formula is C9H12N2S. The Kier molecular flexibility index (Phi) is 3.24. The van der Waals surface area contributed by atoms with Gasteiger partial charge < -0.3 is 0 Å². The summed E-state index contributed by atoms with van der Waals surface area (Å²) in [5, 5.41) is 11.9. The van der Waals surface area contributed by atoms with Gasteiger partial charge in [-0.15, -0.1) is 11.3 Å². The van der Waals surface area contributed by atoms with Gasteiger partial charge in [0.05, 0.1) is 22.7 Å². The zero-order chi connectivity index (χ0) is 8.97. The summed E-state index contributed by atoms with van der Waals surface area (Å²) in [4.78, 5) is 4.37. The number of nitrogens with zero attached hydrogens (tertiary/aromatic N) is 2. The third-order valence-electron chi connectivity index (χ3n) is 1.79. The molecule has 0 aliphatic rings. The van der Waals surface area contributed by atoms with Crippen LogP contribution in [0.1, 0.15) is 36.9 Å². The average molecular weight is 180 g/mol. The molecule has 0 spiro atoms. The van der Waals surface area contributed by atoms with Crippen molar-refractivity contribution in [2.75, 3.05) is 0 Å². The van der Waals surface area contributed by atoms with Gasteiger partial charge in [0.2, 0.25) is 0 Å². The number of thiazole rings is 1. The predicted octanol–water partition coefficient (Wildman–Crippen LogP) is 2.72. The lowest BCUT2D eigenvalue weighted by Crippen LogP contribution is -1.93. The minimum absolute atomic E-state index is 0.0125. The predicted molar refractivity (Wildman–Crippen MR) is 50.1 cm³/mol. The Labute approximate surface area is 76.9 Å². The first kappa shape index (κ1) is 9.21. The van der Waals surface area contributed by atoms with Crippen molar-refractivity contribution in [2.45, 2.75) is 32.6 Å². The van der Waals surface area contributed by atoms with Crippen LogP contribution in [0.15, 0.2) is 5.38 Å². The van der Waals surface area contributed by atoms with E-state index in [9.17, 15) is 0 Å². The molecule has 0 radical (unpaired) electrons. The van der Waals surface area contributed by atoms with Gasteiger partial charge in [-0.2, -0.15) is 5.26 Å². The Morgan fingerprint density at radius 1 is 1.67 bits per heavy atom. The second kappa shape index (κ2) is 4.22. The summed E-state index contributed by atoms with van der Waals surface area (Å²) in [5.74, 6) is -0.0125. The Morgan fingerprint density at radius 2 is 2.42 bits per heavy atom. The zero-order valence-corrected chi connectivity index (χ0v) is 8.19. The SMILES string of the molecule is CCc1nc(C(C#N)CC)cs1. The average Bonchev–Trinajstić information content (AvgIpc) is 2.55. The normalized spacial score (nSPS) is 12.4. The molecule has 0 N–H and O–H groups in total. The highest BCUT2D eigenvalue weighted by molar-refractivity contribution is 7.09. The topological polar surface area (TPSA) is 36.7 Å². The molecule has 1 aromatic rings. The maximum absolute atomic E-state index is 8.78. The number of rotatable bonds is 3. The highest BCUT2D eigenvalue weighted by atomic mass is 32.1. The first-order valence-corrected chi connectivity index (χ1v) is 5.03. The fraction of sp³-hybridized carbons (Fsp3) is 0.556. The third kappa shape index (κ3) is 1.83. The van der Waals surface area contributed by atoms with Gasteiger partial charge in [0, 0.05) is 5.38 Å². The largest absolute Gasteiger partial charge is 0.245 e. The van der Waals surface area contributed by atoms with Crippen LogP contribution >= 0.6 is 11.3 Å². The molecule has 3 heteroatoms. The van der Waals surface area contributed by atoms with Crippen molar-refractivity contribution in [1.82, 2.24) is 4.98 Å². The number of aromatic nitrogens is 1. The molecule has 0 fully saturated rings. The molecule has 0 aliphatic carbocycles. The number of hydrogen-bond acceptors (Lipinski definition) is 3. The third-order valence-corrected chi connectivity index (χ3v) is 2.80. The molecule has 64 valence electrons. The summed E-state index contributed by atoms with van der Waals surface area (Å²) >= 11 is 1.65. The summed E-state index contributed by atoms with van der Waals surface area (Å²) in [6, 6.07) is 2.25. The van der Waals surface area contributed by atoms with E-state index in [0.29, 0.717) is 0 Å². The van der Waals surface area contributed by atoms with Crippen molar-refractivity contribution in [3.05, 3.63) is 16.1 Å². The van der Waals surface area contributed by atoms with Crippen LogP contribution in [-0.4, -0.2) is 4.98 Å². The van der Waals surface area contributed by atoms with Crippen molar-refractivity contribution in [3.63, 3.8) is 0 Å². The quantitative estimate of drug-likeness (QED) is 0.717. The van der Waals surface area contributed by atoms with Crippen LogP contribution in [0.25, 0.3) is 0 Å². The maximum atomic E-state index is 8.78. The molecule has 0 bridgehead atoms. The fourth-order valence-corrected chi connectivity index (χ4v) is 1.81. The smallest absolute Gasteiger partial charge is 0.0926 e. The molecule has 1 rings (SSSR count). The molecule has 0 aliphatic heterocycles. The Morgan fingerprint density at radius 3 is 2.83 bits per heavy atom. The minimum Gasteiger partial charge on any atom is -0.245 e.